The number of benzene rings is 1. The summed E-state index contributed by atoms with van der Waals surface area (Å²) in [6, 6.07) is 3.49. The van der Waals surface area contributed by atoms with Crippen LogP contribution in [-0.4, -0.2) is 60.9 Å². The second kappa shape index (κ2) is 10.1. The molecule has 3 heterocycles. The number of hydrogen-bond donors (Lipinski definition) is 1. The van der Waals surface area contributed by atoms with Gasteiger partial charge in [-0.2, -0.15) is 5.10 Å². The molecule has 9 nitrogen and oxygen atoms in total. The topological polar surface area (TPSA) is 110 Å². The first-order chi connectivity index (χ1) is 18.8. The highest BCUT2D eigenvalue weighted by molar-refractivity contribution is 6.07. The second-order valence-electron chi connectivity index (χ2n) is 12.8. The number of hydrogen-bond acceptors (Lipinski definition) is 6. The van der Waals surface area contributed by atoms with E-state index in [1.54, 1.807) is 22.0 Å². The Morgan fingerprint density at radius 2 is 1.80 bits per heavy atom. The van der Waals surface area contributed by atoms with Crippen molar-refractivity contribution in [3.05, 3.63) is 41.6 Å². The van der Waals surface area contributed by atoms with Crippen LogP contribution in [-0.2, 0) is 16.1 Å². The quantitative estimate of drug-likeness (QED) is 0.393. The smallest absolute Gasteiger partial charge is 0.245 e. The van der Waals surface area contributed by atoms with E-state index < -0.39 is 6.04 Å². The van der Waals surface area contributed by atoms with Crippen molar-refractivity contribution in [2.45, 2.75) is 92.8 Å². The number of amides is 2. The lowest BCUT2D eigenvalue weighted by molar-refractivity contribution is -0.140. The molecule has 1 saturated heterocycles. The van der Waals surface area contributed by atoms with Crippen molar-refractivity contribution in [2.75, 3.05) is 6.54 Å². The van der Waals surface area contributed by atoms with E-state index in [4.69, 9.17) is 0 Å². The standard InChI is InChI=1S/C31H40N6O3/c1-8-9-30(5,6)17-34-29(40)24-12-31(7)13-25(31)37(24)26(39)16-36-28-18(2)10-21(22-14-32-20(4)33-15-22)11-23(28)27(35-36)19(3)38/h10-11,14-15,24-25H,8-9,12-13,16-17H2,1-7H3,(H,34,40)/t24-,25?,31-/m0/s1. The maximum atomic E-state index is 13.9. The number of carbonyl (C=O) groups is 3. The summed E-state index contributed by atoms with van der Waals surface area (Å²) >= 11 is 0. The van der Waals surface area contributed by atoms with Gasteiger partial charge < -0.3 is 10.2 Å². The summed E-state index contributed by atoms with van der Waals surface area (Å²) in [7, 11) is 0. The molecule has 2 aromatic heterocycles. The fraction of sp³-hybridized carbons (Fsp3) is 0.548. The number of rotatable bonds is 9. The minimum absolute atomic E-state index is 0.00280. The van der Waals surface area contributed by atoms with Gasteiger partial charge in [0.25, 0.3) is 0 Å². The number of fused-ring (bicyclic) bond motifs is 2. The Labute approximate surface area is 235 Å². The van der Waals surface area contributed by atoms with Crippen molar-refractivity contribution >= 4 is 28.5 Å². The average Bonchev–Trinajstić information content (AvgIpc) is 3.24. The molecule has 40 heavy (non-hydrogen) atoms. The lowest BCUT2D eigenvalue weighted by atomic mass is 9.88. The summed E-state index contributed by atoms with van der Waals surface area (Å²) < 4.78 is 1.64. The molecule has 2 amide bonds. The van der Waals surface area contributed by atoms with Crippen LogP contribution >= 0.6 is 0 Å². The third kappa shape index (κ3) is 5.13. The molecule has 1 saturated carbocycles. The van der Waals surface area contributed by atoms with E-state index in [1.807, 2.05) is 26.0 Å². The number of nitrogens with zero attached hydrogens (tertiary/aromatic N) is 5. The number of aryl methyl sites for hydroxylation is 2. The zero-order valence-electron chi connectivity index (χ0n) is 24.7. The lowest BCUT2D eigenvalue weighted by Gasteiger charge is -2.29. The van der Waals surface area contributed by atoms with E-state index >= 15 is 0 Å². The normalized spacial score (nSPS) is 21.9. The minimum atomic E-state index is -0.489. The number of piperidine rings is 1. The Hall–Kier alpha value is -3.62. The van der Waals surface area contributed by atoms with Gasteiger partial charge in [-0.05, 0) is 67.2 Å². The van der Waals surface area contributed by atoms with Gasteiger partial charge in [0, 0.05) is 42.9 Å². The monoisotopic (exact) mass is 544 g/mol. The van der Waals surface area contributed by atoms with Crippen molar-refractivity contribution in [1.29, 1.82) is 0 Å². The average molecular weight is 545 g/mol. The third-order valence-corrected chi connectivity index (χ3v) is 8.66. The molecule has 1 aromatic carbocycles. The molecule has 0 bridgehead atoms. The molecule has 0 spiro atoms. The molecule has 2 aliphatic rings. The lowest BCUT2D eigenvalue weighted by Crippen LogP contribution is -2.50. The number of likely N-dealkylation sites (tertiary alicyclic amines) is 1. The first kappa shape index (κ1) is 27.9. The molecule has 3 atom stereocenters. The van der Waals surface area contributed by atoms with Crippen LogP contribution in [0, 0.1) is 24.7 Å². The molecular formula is C31H40N6O3. The molecule has 1 unspecified atom stereocenters. The third-order valence-electron chi connectivity index (χ3n) is 8.66. The Morgan fingerprint density at radius 3 is 2.45 bits per heavy atom. The summed E-state index contributed by atoms with van der Waals surface area (Å²) in [5.41, 5.74) is 3.67. The Morgan fingerprint density at radius 1 is 1.10 bits per heavy atom. The number of Topliss-reactive ketones (excluding diaryl/α,β-unsaturated/α-hetero) is 1. The highest BCUT2D eigenvalue weighted by atomic mass is 16.2. The summed E-state index contributed by atoms with van der Waals surface area (Å²) in [5.74, 6) is 0.286. The van der Waals surface area contributed by atoms with E-state index in [1.165, 1.54) is 6.92 Å². The Balaban J connectivity index is 1.43. The molecule has 1 aliphatic carbocycles. The van der Waals surface area contributed by atoms with E-state index in [9.17, 15) is 14.4 Å². The summed E-state index contributed by atoms with van der Waals surface area (Å²) in [5, 5.41) is 8.44. The van der Waals surface area contributed by atoms with Crippen molar-refractivity contribution in [2.24, 2.45) is 10.8 Å². The van der Waals surface area contributed by atoms with E-state index in [0.717, 1.165) is 41.5 Å². The van der Waals surface area contributed by atoms with Gasteiger partial charge in [-0.15, -0.1) is 0 Å². The predicted octanol–water partition coefficient (Wildman–Crippen LogP) is 4.63. The fourth-order valence-electron chi connectivity index (χ4n) is 6.39. The van der Waals surface area contributed by atoms with Gasteiger partial charge in [-0.1, -0.05) is 34.1 Å². The highest BCUT2D eigenvalue weighted by Crippen LogP contribution is 2.59. The summed E-state index contributed by atoms with van der Waals surface area (Å²) in [6.07, 6.45) is 7.17. The largest absolute Gasteiger partial charge is 0.354 e. The van der Waals surface area contributed by atoms with Crippen molar-refractivity contribution in [3.8, 4) is 11.1 Å². The summed E-state index contributed by atoms with van der Waals surface area (Å²) in [4.78, 5) is 50.2. The second-order valence-corrected chi connectivity index (χ2v) is 12.8. The molecular weight excluding hydrogens is 504 g/mol. The van der Waals surface area contributed by atoms with Gasteiger partial charge in [0.2, 0.25) is 11.8 Å². The van der Waals surface area contributed by atoms with Gasteiger partial charge in [-0.3, -0.25) is 19.1 Å². The van der Waals surface area contributed by atoms with E-state index in [2.05, 4.69) is 48.1 Å². The van der Waals surface area contributed by atoms with Crippen molar-refractivity contribution in [1.82, 2.24) is 30.0 Å². The Kier molecular flexibility index (Phi) is 7.04. The highest BCUT2D eigenvalue weighted by Gasteiger charge is 2.64. The van der Waals surface area contributed by atoms with Gasteiger partial charge in [-0.25, -0.2) is 9.97 Å². The predicted molar refractivity (Wildman–Crippen MR) is 154 cm³/mol. The first-order valence-electron chi connectivity index (χ1n) is 14.2. The molecule has 1 aliphatic heterocycles. The first-order valence-corrected chi connectivity index (χ1v) is 14.2. The van der Waals surface area contributed by atoms with Crippen LogP contribution in [0.15, 0.2) is 24.5 Å². The van der Waals surface area contributed by atoms with Gasteiger partial charge in [0.15, 0.2) is 5.78 Å². The molecule has 2 fully saturated rings. The SMILES string of the molecule is CCCC(C)(C)CNC(=O)[C@@H]1C[C@@]2(C)CC2N1C(=O)Cn1nc(C(C)=O)c2cc(-c3cnc(C)nc3)cc(C)c21. The molecule has 5 rings (SSSR count). The maximum Gasteiger partial charge on any atom is 0.245 e. The van der Waals surface area contributed by atoms with Crippen LogP contribution in [0.1, 0.15) is 82.2 Å². The van der Waals surface area contributed by atoms with Crippen LogP contribution in [0.5, 0.6) is 0 Å². The zero-order chi connectivity index (χ0) is 29.0. The number of aromatic nitrogens is 4. The molecule has 9 heteroatoms. The number of nitrogens with one attached hydrogen (secondary N) is 1. The van der Waals surface area contributed by atoms with Crippen LogP contribution in [0.2, 0.25) is 0 Å². The summed E-state index contributed by atoms with van der Waals surface area (Å²) in [6.45, 7) is 14.4. The van der Waals surface area contributed by atoms with E-state index in [-0.39, 0.29) is 41.0 Å². The van der Waals surface area contributed by atoms with Crippen LogP contribution in [0.3, 0.4) is 0 Å². The van der Waals surface area contributed by atoms with Gasteiger partial charge >= 0.3 is 0 Å². The molecule has 3 aromatic rings. The Bertz CT molecular complexity index is 1490. The van der Waals surface area contributed by atoms with Crippen LogP contribution in [0.25, 0.3) is 22.0 Å². The molecule has 212 valence electrons. The van der Waals surface area contributed by atoms with Crippen molar-refractivity contribution in [3.63, 3.8) is 0 Å². The van der Waals surface area contributed by atoms with Crippen molar-refractivity contribution < 1.29 is 14.4 Å². The van der Waals surface area contributed by atoms with Crippen LogP contribution in [0.4, 0.5) is 0 Å². The zero-order valence-corrected chi connectivity index (χ0v) is 24.7. The van der Waals surface area contributed by atoms with Gasteiger partial charge in [0.1, 0.15) is 24.1 Å². The molecule has 1 N–H and O–H groups in total. The number of ketones is 1. The number of carbonyl (C=O) groups excluding carboxylic acids is 3. The minimum Gasteiger partial charge on any atom is -0.354 e. The fourth-order valence-corrected chi connectivity index (χ4v) is 6.39. The maximum absolute atomic E-state index is 13.9. The van der Waals surface area contributed by atoms with Crippen LogP contribution < -0.4 is 5.32 Å². The van der Waals surface area contributed by atoms with E-state index in [0.29, 0.717) is 29.9 Å². The molecule has 0 radical (unpaired) electrons. The van der Waals surface area contributed by atoms with Gasteiger partial charge in [0.05, 0.1) is 5.52 Å².